The molecular formula is C22H36N6. The largest absolute Gasteiger partial charge is 0.357 e. The number of fused-ring (bicyclic) bond motifs is 1. The standard InChI is InChI=1S/C22H36N6/c1-2-23-22(25-15-10-18-28-16-7-3-4-8-17-28)24-14-9-13-21-26-19-11-5-6-12-20(19)27-21/h5-6,11-12H,2-4,7-10,13-18H2,1H3,(H,26,27)(H2,23,24,25). The Balaban J connectivity index is 1.35. The second-order valence-electron chi connectivity index (χ2n) is 7.60. The highest BCUT2D eigenvalue weighted by Gasteiger charge is 2.08. The molecule has 0 radical (unpaired) electrons. The maximum atomic E-state index is 4.72. The fraction of sp³-hybridized carbons (Fsp3) is 0.636. The van der Waals surface area contributed by atoms with Gasteiger partial charge in [0.15, 0.2) is 5.96 Å². The van der Waals surface area contributed by atoms with Gasteiger partial charge in [0.2, 0.25) is 0 Å². The molecule has 0 aliphatic carbocycles. The summed E-state index contributed by atoms with van der Waals surface area (Å²) in [5.74, 6) is 1.98. The van der Waals surface area contributed by atoms with E-state index in [4.69, 9.17) is 4.99 Å². The van der Waals surface area contributed by atoms with Crippen LogP contribution in [0.25, 0.3) is 11.0 Å². The molecule has 0 saturated carbocycles. The third-order valence-corrected chi connectivity index (χ3v) is 5.27. The lowest BCUT2D eigenvalue weighted by molar-refractivity contribution is 0.282. The van der Waals surface area contributed by atoms with Crippen molar-refractivity contribution in [1.82, 2.24) is 25.5 Å². The molecule has 1 aliphatic heterocycles. The third-order valence-electron chi connectivity index (χ3n) is 5.27. The zero-order valence-corrected chi connectivity index (χ0v) is 17.3. The van der Waals surface area contributed by atoms with Gasteiger partial charge < -0.3 is 20.5 Å². The fourth-order valence-electron chi connectivity index (χ4n) is 3.77. The van der Waals surface area contributed by atoms with Crippen LogP contribution in [0.4, 0.5) is 0 Å². The van der Waals surface area contributed by atoms with Crippen molar-refractivity contribution in [3.05, 3.63) is 30.1 Å². The quantitative estimate of drug-likeness (QED) is 0.352. The molecule has 2 heterocycles. The Morgan fingerprint density at radius 3 is 2.71 bits per heavy atom. The van der Waals surface area contributed by atoms with E-state index in [-0.39, 0.29) is 0 Å². The number of imidazole rings is 1. The van der Waals surface area contributed by atoms with E-state index in [2.05, 4.69) is 38.5 Å². The summed E-state index contributed by atoms with van der Waals surface area (Å²) in [6, 6.07) is 8.18. The first-order chi connectivity index (χ1) is 13.8. The number of aromatic nitrogens is 2. The summed E-state index contributed by atoms with van der Waals surface area (Å²) in [4.78, 5) is 15.4. The number of para-hydroxylation sites is 2. The van der Waals surface area contributed by atoms with Gasteiger partial charge in [0.1, 0.15) is 5.82 Å². The molecule has 1 aliphatic rings. The highest BCUT2D eigenvalue weighted by Crippen LogP contribution is 2.11. The average molecular weight is 385 g/mol. The SMILES string of the molecule is CCNC(=NCCCc1nc2ccccc2[nH]1)NCCCN1CCCCCC1. The minimum Gasteiger partial charge on any atom is -0.357 e. The van der Waals surface area contributed by atoms with Gasteiger partial charge in [-0.3, -0.25) is 4.99 Å². The van der Waals surface area contributed by atoms with Crippen molar-refractivity contribution in [1.29, 1.82) is 0 Å². The highest BCUT2D eigenvalue weighted by molar-refractivity contribution is 5.79. The number of hydrogen-bond acceptors (Lipinski definition) is 3. The van der Waals surface area contributed by atoms with Crippen LogP contribution in [0.1, 0.15) is 51.3 Å². The zero-order chi connectivity index (χ0) is 19.4. The van der Waals surface area contributed by atoms with E-state index >= 15 is 0 Å². The molecule has 0 unspecified atom stereocenters. The van der Waals surface area contributed by atoms with E-state index < -0.39 is 0 Å². The van der Waals surface area contributed by atoms with Crippen LogP contribution in [0.2, 0.25) is 0 Å². The smallest absolute Gasteiger partial charge is 0.191 e. The Bertz CT molecular complexity index is 682. The third kappa shape index (κ3) is 6.82. The van der Waals surface area contributed by atoms with Crippen molar-refractivity contribution >= 4 is 17.0 Å². The number of nitrogens with one attached hydrogen (secondary N) is 3. The molecule has 3 N–H and O–H groups in total. The normalized spacial score (nSPS) is 16.2. The fourth-order valence-corrected chi connectivity index (χ4v) is 3.77. The molecule has 3 rings (SSSR count). The maximum Gasteiger partial charge on any atom is 0.191 e. The summed E-state index contributed by atoms with van der Waals surface area (Å²) in [6.45, 7) is 8.53. The Labute approximate surface area is 169 Å². The van der Waals surface area contributed by atoms with Crippen LogP contribution >= 0.6 is 0 Å². The summed E-state index contributed by atoms with van der Waals surface area (Å²) in [6.07, 6.45) is 8.62. The first-order valence-electron chi connectivity index (χ1n) is 11.0. The summed E-state index contributed by atoms with van der Waals surface area (Å²) in [7, 11) is 0. The lowest BCUT2D eigenvalue weighted by Crippen LogP contribution is -2.39. The van der Waals surface area contributed by atoms with Crippen molar-refractivity contribution in [3.63, 3.8) is 0 Å². The van der Waals surface area contributed by atoms with Gasteiger partial charge in [-0.15, -0.1) is 0 Å². The molecule has 0 spiro atoms. The van der Waals surface area contributed by atoms with Gasteiger partial charge in [-0.25, -0.2) is 4.98 Å². The molecule has 154 valence electrons. The number of benzene rings is 1. The first-order valence-corrected chi connectivity index (χ1v) is 11.0. The topological polar surface area (TPSA) is 68.3 Å². The maximum absolute atomic E-state index is 4.72. The second-order valence-corrected chi connectivity index (χ2v) is 7.60. The number of guanidine groups is 1. The van der Waals surface area contributed by atoms with Gasteiger partial charge in [-0.05, 0) is 64.4 Å². The van der Waals surface area contributed by atoms with Crippen LogP contribution in [0.15, 0.2) is 29.3 Å². The number of likely N-dealkylation sites (tertiary alicyclic amines) is 1. The van der Waals surface area contributed by atoms with Crippen molar-refractivity contribution < 1.29 is 0 Å². The first kappa shape index (κ1) is 20.6. The molecule has 1 aromatic carbocycles. The van der Waals surface area contributed by atoms with Gasteiger partial charge in [-0.1, -0.05) is 25.0 Å². The summed E-state index contributed by atoms with van der Waals surface area (Å²) >= 11 is 0. The highest BCUT2D eigenvalue weighted by atomic mass is 15.2. The van der Waals surface area contributed by atoms with E-state index in [1.54, 1.807) is 0 Å². The minimum absolute atomic E-state index is 0.804. The van der Waals surface area contributed by atoms with E-state index in [1.807, 2.05) is 18.2 Å². The molecule has 0 bridgehead atoms. The van der Waals surface area contributed by atoms with Gasteiger partial charge in [-0.2, -0.15) is 0 Å². The van der Waals surface area contributed by atoms with Crippen LogP contribution in [0.5, 0.6) is 0 Å². The predicted molar refractivity (Wildman–Crippen MR) is 118 cm³/mol. The van der Waals surface area contributed by atoms with Crippen molar-refractivity contribution in [2.24, 2.45) is 4.99 Å². The molecule has 1 saturated heterocycles. The van der Waals surface area contributed by atoms with Crippen LogP contribution in [-0.4, -0.2) is 60.1 Å². The van der Waals surface area contributed by atoms with E-state index in [0.717, 1.165) is 55.3 Å². The lowest BCUT2D eigenvalue weighted by Gasteiger charge is -2.20. The van der Waals surface area contributed by atoms with Gasteiger partial charge in [0.25, 0.3) is 0 Å². The van der Waals surface area contributed by atoms with Crippen molar-refractivity contribution in [2.45, 2.75) is 51.9 Å². The Morgan fingerprint density at radius 2 is 1.93 bits per heavy atom. The molecule has 6 heteroatoms. The number of aliphatic imine (C=N–C) groups is 1. The molecular weight excluding hydrogens is 348 g/mol. The zero-order valence-electron chi connectivity index (χ0n) is 17.3. The van der Waals surface area contributed by atoms with Crippen molar-refractivity contribution in [3.8, 4) is 0 Å². The molecule has 1 aromatic heterocycles. The summed E-state index contributed by atoms with van der Waals surface area (Å²) < 4.78 is 0. The van der Waals surface area contributed by atoms with E-state index in [0.29, 0.717) is 0 Å². The number of aryl methyl sites for hydroxylation is 1. The lowest BCUT2D eigenvalue weighted by atomic mass is 10.2. The van der Waals surface area contributed by atoms with Gasteiger partial charge in [0, 0.05) is 26.1 Å². The second kappa shape index (κ2) is 11.7. The summed E-state index contributed by atoms with van der Waals surface area (Å²) in [5.41, 5.74) is 2.15. The number of aromatic amines is 1. The molecule has 1 fully saturated rings. The monoisotopic (exact) mass is 384 g/mol. The van der Waals surface area contributed by atoms with Crippen LogP contribution in [0, 0.1) is 0 Å². The van der Waals surface area contributed by atoms with E-state index in [1.165, 1.54) is 51.7 Å². The number of nitrogens with zero attached hydrogens (tertiary/aromatic N) is 3. The number of hydrogen-bond donors (Lipinski definition) is 3. The number of H-pyrrole nitrogens is 1. The average Bonchev–Trinajstić information content (AvgIpc) is 2.94. The predicted octanol–water partition coefficient (Wildman–Crippen LogP) is 3.32. The molecule has 0 amide bonds. The summed E-state index contributed by atoms with van der Waals surface area (Å²) in [5, 5.41) is 6.84. The molecule has 2 aromatic rings. The van der Waals surface area contributed by atoms with E-state index in [9.17, 15) is 0 Å². The minimum atomic E-state index is 0.804. The van der Waals surface area contributed by atoms with Crippen molar-refractivity contribution in [2.75, 3.05) is 39.3 Å². The van der Waals surface area contributed by atoms with Gasteiger partial charge in [0.05, 0.1) is 11.0 Å². The van der Waals surface area contributed by atoms with Crippen LogP contribution in [-0.2, 0) is 6.42 Å². The Kier molecular flexibility index (Phi) is 8.62. The molecule has 0 atom stereocenters. The van der Waals surface area contributed by atoms with Crippen LogP contribution in [0.3, 0.4) is 0 Å². The van der Waals surface area contributed by atoms with Gasteiger partial charge >= 0.3 is 0 Å². The molecule has 6 nitrogen and oxygen atoms in total. The number of rotatable bonds is 9. The Hall–Kier alpha value is -2.08. The van der Waals surface area contributed by atoms with Crippen LogP contribution < -0.4 is 10.6 Å². The Morgan fingerprint density at radius 1 is 1.11 bits per heavy atom. The molecule has 28 heavy (non-hydrogen) atoms.